The molecule has 5 heteroatoms. The fraction of sp³-hybridized carbons (Fsp3) is 0.400. The summed E-state index contributed by atoms with van der Waals surface area (Å²) >= 11 is 0. The molecule has 0 radical (unpaired) electrons. The van der Waals surface area contributed by atoms with Crippen LogP contribution in [0, 0.1) is 5.82 Å². The maximum absolute atomic E-state index is 13.0. The zero-order chi connectivity index (χ0) is 14.2. The van der Waals surface area contributed by atoms with Crippen molar-refractivity contribution in [1.82, 2.24) is 10.6 Å². The van der Waals surface area contributed by atoms with Crippen molar-refractivity contribution in [2.45, 2.75) is 19.3 Å². The van der Waals surface area contributed by atoms with E-state index in [0.717, 1.165) is 18.4 Å². The molecule has 1 heterocycles. The van der Waals surface area contributed by atoms with Gasteiger partial charge in [0, 0.05) is 12.7 Å². The lowest BCUT2D eigenvalue weighted by molar-refractivity contribution is 0.119. The summed E-state index contributed by atoms with van der Waals surface area (Å²) in [4.78, 5) is 11.6. The Hall–Kier alpha value is -1.88. The van der Waals surface area contributed by atoms with Gasteiger partial charge in [-0.3, -0.25) is 0 Å². The molecule has 20 heavy (non-hydrogen) atoms. The Morgan fingerprint density at radius 1 is 1.35 bits per heavy atom. The van der Waals surface area contributed by atoms with Crippen LogP contribution in [0.4, 0.5) is 9.18 Å². The first kappa shape index (κ1) is 14.5. The fourth-order valence-electron chi connectivity index (χ4n) is 2.01. The molecule has 108 valence electrons. The van der Waals surface area contributed by atoms with Gasteiger partial charge in [0.25, 0.3) is 0 Å². The first-order valence-corrected chi connectivity index (χ1v) is 6.78. The molecule has 0 saturated carbocycles. The van der Waals surface area contributed by atoms with Gasteiger partial charge in [0.05, 0.1) is 13.2 Å². The second-order valence-electron chi connectivity index (χ2n) is 4.70. The Labute approximate surface area is 118 Å². The van der Waals surface area contributed by atoms with Crippen molar-refractivity contribution in [3.63, 3.8) is 0 Å². The number of nitrogens with one attached hydrogen (secondary N) is 2. The first-order chi connectivity index (χ1) is 9.74. The van der Waals surface area contributed by atoms with Crippen molar-refractivity contribution in [2.24, 2.45) is 0 Å². The molecule has 0 aromatic heterocycles. The number of ether oxygens (including phenoxy) is 1. The predicted molar refractivity (Wildman–Crippen MR) is 74.8 cm³/mol. The van der Waals surface area contributed by atoms with Crippen LogP contribution in [0.1, 0.15) is 18.4 Å². The monoisotopic (exact) mass is 278 g/mol. The van der Waals surface area contributed by atoms with Crippen molar-refractivity contribution in [1.29, 1.82) is 0 Å². The molecule has 1 aromatic carbocycles. The Balaban J connectivity index is 1.67. The molecule has 2 rings (SSSR count). The van der Waals surface area contributed by atoms with Crippen molar-refractivity contribution >= 4 is 6.03 Å². The van der Waals surface area contributed by atoms with Crippen molar-refractivity contribution < 1.29 is 13.9 Å². The summed E-state index contributed by atoms with van der Waals surface area (Å²) in [7, 11) is 0. The molecule has 1 aliphatic rings. The lowest BCUT2D eigenvalue weighted by Gasteiger charge is -2.14. The van der Waals surface area contributed by atoms with E-state index in [2.05, 4.69) is 10.6 Å². The third-order valence-corrected chi connectivity index (χ3v) is 3.13. The van der Waals surface area contributed by atoms with Crippen LogP contribution in [-0.4, -0.2) is 25.8 Å². The molecule has 2 amide bonds. The number of carbonyl (C=O) groups excluding carboxylic acids is 1. The molecule has 1 saturated heterocycles. The Kier molecular flexibility index (Phi) is 5.55. The number of carbonyl (C=O) groups is 1. The van der Waals surface area contributed by atoms with Crippen LogP contribution in [0.2, 0.25) is 0 Å². The maximum Gasteiger partial charge on any atom is 0.318 e. The topological polar surface area (TPSA) is 50.4 Å². The van der Waals surface area contributed by atoms with E-state index in [9.17, 15) is 9.18 Å². The van der Waals surface area contributed by atoms with E-state index in [1.165, 1.54) is 17.7 Å². The average Bonchev–Trinajstić information content (AvgIpc) is 2.46. The minimum Gasteiger partial charge on any atom is -0.381 e. The molecule has 0 spiro atoms. The smallest absolute Gasteiger partial charge is 0.318 e. The molecule has 2 N–H and O–H groups in total. The molecule has 0 atom stereocenters. The standard InChI is InChI=1S/C15H19FN2O2/c16-14-3-1-2-12(10-14)4-7-17-15(19)18-11-13-5-8-20-9-6-13/h1-3,10-11H,4-9H2,(H2,17,18,19). The average molecular weight is 278 g/mol. The summed E-state index contributed by atoms with van der Waals surface area (Å²) in [5, 5.41) is 5.45. The van der Waals surface area contributed by atoms with Gasteiger partial charge in [-0.25, -0.2) is 9.18 Å². The lowest BCUT2D eigenvalue weighted by atomic mass is 10.1. The van der Waals surface area contributed by atoms with Crippen molar-refractivity contribution in [2.75, 3.05) is 19.8 Å². The number of rotatable bonds is 4. The van der Waals surface area contributed by atoms with E-state index >= 15 is 0 Å². The minimum atomic E-state index is -0.254. The number of halogens is 1. The molecule has 4 nitrogen and oxygen atoms in total. The van der Waals surface area contributed by atoms with E-state index < -0.39 is 0 Å². The van der Waals surface area contributed by atoms with Gasteiger partial charge in [-0.1, -0.05) is 12.1 Å². The molecule has 1 aliphatic heterocycles. The van der Waals surface area contributed by atoms with E-state index in [-0.39, 0.29) is 11.8 Å². The summed E-state index contributed by atoms with van der Waals surface area (Å²) < 4.78 is 18.2. The zero-order valence-corrected chi connectivity index (χ0v) is 11.3. The Morgan fingerprint density at radius 3 is 2.90 bits per heavy atom. The lowest BCUT2D eigenvalue weighted by Crippen LogP contribution is -2.34. The van der Waals surface area contributed by atoms with Gasteiger partial charge in [-0.2, -0.15) is 0 Å². The fourth-order valence-corrected chi connectivity index (χ4v) is 2.01. The minimum absolute atomic E-state index is 0.236. The van der Waals surface area contributed by atoms with Gasteiger partial charge < -0.3 is 15.4 Å². The molecule has 0 bridgehead atoms. The molecule has 0 aliphatic carbocycles. The third-order valence-electron chi connectivity index (χ3n) is 3.13. The van der Waals surface area contributed by atoms with Gasteiger partial charge in [0.2, 0.25) is 0 Å². The second-order valence-corrected chi connectivity index (χ2v) is 4.70. The van der Waals surface area contributed by atoms with E-state index in [1.807, 2.05) is 6.07 Å². The zero-order valence-electron chi connectivity index (χ0n) is 11.3. The molecule has 1 fully saturated rings. The van der Waals surface area contributed by atoms with Crippen LogP contribution in [0.5, 0.6) is 0 Å². The molecular weight excluding hydrogens is 259 g/mol. The number of benzene rings is 1. The number of urea groups is 1. The highest BCUT2D eigenvalue weighted by Gasteiger charge is 2.05. The van der Waals surface area contributed by atoms with Gasteiger partial charge in [-0.05, 0) is 42.5 Å². The Morgan fingerprint density at radius 2 is 2.15 bits per heavy atom. The quantitative estimate of drug-likeness (QED) is 0.888. The van der Waals surface area contributed by atoms with Crippen LogP contribution < -0.4 is 10.6 Å². The summed E-state index contributed by atoms with van der Waals surface area (Å²) in [6, 6.07) is 6.15. The van der Waals surface area contributed by atoms with Gasteiger partial charge in [0.15, 0.2) is 0 Å². The second kappa shape index (κ2) is 7.65. The van der Waals surface area contributed by atoms with Crippen LogP contribution >= 0.6 is 0 Å². The summed E-state index contributed by atoms with van der Waals surface area (Å²) in [6.45, 7) is 1.91. The van der Waals surface area contributed by atoms with Crippen molar-refractivity contribution in [3.8, 4) is 0 Å². The van der Waals surface area contributed by atoms with Crippen LogP contribution in [0.15, 0.2) is 36.0 Å². The first-order valence-electron chi connectivity index (χ1n) is 6.78. The molecule has 0 unspecified atom stereocenters. The number of amides is 2. The number of hydrogen-bond donors (Lipinski definition) is 2. The summed E-state index contributed by atoms with van der Waals surface area (Å²) in [5.74, 6) is -0.254. The van der Waals surface area contributed by atoms with E-state index in [1.54, 1.807) is 12.3 Å². The van der Waals surface area contributed by atoms with E-state index in [4.69, 9.17) is 4.74 Å². The molecule has 1 aromatic rings. The number of hydrogen-bond acceptors (Lipinski definition) is 2. The van der Waals surface area contributed by atoms with Gasteiger partial charge >= 0.3 is 6.03 Å². The highest BCUT2D eigenvalue weighted by Crippen LogP contribution is 2.11. The van der Waals surface area contributed by atoms with Crippen LogP contribution in [-0.2, 0) is 11.2 Å². The van der Waals surface area contributed by atoms with Crippen LogP contribution in [0.3, 0.4) is 0 Å². The highest BCUT2D eigenvalue weighted by atomic mass is 19.1. The van der Waals surface area contributed by atoms with Crippen LogP contribution in [0.25, 0.3) is 0 Å². The van der Waals surface area contributed by atoms with Gasteiger partial charge in [0.1, 0.15) is 5.82 Å². The Bertz CT molecular complexity index is 481. The SMILES string of the molecule is O=C(NC=C1CCOCC1)NCCc1cccc(F)c1. The summed E-state index contributed by atoms with van der Waals surface area (Å²) in [6.07, 6.45) is 4.09. The summed E-state index contributed by atoms with van der Waals surface area (Å²) in [5.41, 5.74) is 2.06. The highest BCUT2D eigenvalue weighted by molar-refractivity contribution is 5.74. The van der Waals surface area contributed by atoms with Gasteiger partial charge in [-0.15, -0.1) is 0 Å². The molecular formula is C15H19FN2O2. The largest absolute Gasteiger partial charge is 0.381 e. The normalized spacial score (nSPS) is 14.8. The van der Waals surface area contributed by atoms with E-state index in [0.29, 0.717) is 26.2 Å². The maximum atomic E-state index is 13.0. The third kappa shape index (κ3) is 5.01. The van der Waals surface area contributed by atoms with Crippen molar-refractivity contribution in [3.05, 3.63) is 47.4 Å². The predicted octanol–water partition coefficient (Wildman–Crippen LogP) is 2.36.